The first kappa shape index (κ1) is 20.1. The normalized spacial score (nSPS) is 19.5. The fourth-order valence-electron chi connectivity index (χ4n) is 4.24. The zero-order valence-corrected chi connectivity index (χ0v) is 19.4. The van der Waals surface area contributed by atoms with Crippen LogP contribution >= 0.6 is 22.7 Å². The summed E-state index contributed by atoms with van der Waals surface area (Å²) in [5, 5.41) is 8.03. The fraction of sp³-hybridized carbons (Fsp3) is 0.160. The van der Waals surface area contributed by atoms with Crippen molar-refractivity contribution in [2.45, 2.75) is 17.9 Å². The van der Waals surface area contributed by atoms with E-state index in [1.165, 1.54) is 11.3 Å². The van der Waals surface area contributed by atoms with Crippen molar-refractivity contribution in [2.24, 2.45) is 0 Å². The summed E-state index contributed by atoms with van der Waals surface area (Å²) in [7, 11) is 1.64. The predicted octanol–water partition coefficient (Wildman–Crippen LogP) is 5.68. The quantitative estimate of drug-likeness (QED) is 0.333. The summed E-state index contributed by atoms with van der Waals surface area (Å²) >= 11 is 3.09. The molecule has 2 unspecified atom stereocenters. The maximum absolute atomic E-state index is 13.7. The first-order valence-electron chi connectivity index (χ1n) is 10.6. The van der Waals surface area contributed by atoms with Crippen LogP contribution < -0.4 is 15.4 Å². The molecule has 0 radical (unpaired) electrons. The van der Waals surface area contributed by atoms with Crippen molar-refractivity contribution < 1.29 is 9.53 Å². The van der Waals surface area contributed by atoms with Crippen LogP contribution in [-0.2, 0) is 10.2 Å². The second-order valence-corrected chi connectivity index (χ2v) is 10.1. The summed E-state index contributed by atoms with van der Waals surface area (Å²) in [5.74, 6) is 0.696. The number of amides is 1. The van der Waals surface area contributed by atoms with Gasteiger partial charge in [-0.25, -0.2) is 9.97 Å². The third-order valence-electron chi connectivity index (χ3n) is 6.08. The zero-order chi connectivity index (χ0) is 22.4. The lowest BCUT2D eigenvalue weighted by molar-refractivity contribution is -0.118. The van der Waals surface area contributed by atoms with Crippen LogP contribution in [0.4, 0.5) is 10.3 Å². The van der Waals surface area contributed by atoms with Crippen molar-refractivity contribution in [3.05, 3.63) is 78.4 Å². The van der Waals surface area contributed by atoms with Crippen LogP contribution in [0.15, 0.2) is 72.8 Å². The average molecular weight is 473 g/mol. The highest BCUT2D eigenvalue weighted by Crippen LogP contribution is 2.51. The summed E-state index contributed by atoms with van der Waals surface area (Å²) in [6, 6.07) is 23.6. The molecule has 1 saturated carbocycles. The lowest BCUT2D eigenvalue weighted by Crippen LogP contribution is -2.33. The van der Waals surface area contributed by atoms with E-state index in [4.69, 9.17) is 9.72 Å². The molecule has 2 aromatic heterocycles. The number of hydrogen-bond acceptors (Lipinski definition) is 7. The molecule has 0 spiro atoms. The Labute approximate surface area is 198 Å². The first-order valence-corrected chi connectivity index (χ1v) is 12.2. The van der Waals surface area contributed by atoms with Crippen molar-refractivity contribution in [3.8, 4) is 5.75 Å². The van der Waals surface area contributed by atoms with E-state index in [-0.39, 0.29) is 11.9 Å². The largest absolute Gasteiger partial charge is 0.497 e. The van der Waals surface area contributed by atoms with Gasteiger partial charge in [-0.15, -0.1) is 0 Å². The lowest BCUT2D eigenvalue weighted by Gasteiger charge is -2.18. The number of rotatable bonds is 6. The van der Waals surface area contributed by atoms with Gasteiger partial charge in [-0.05, 0) is 48.4 Å². The summed E-state index contributed by atoms with van der Waals surface area (Å²) in [6.07, 6.45) is 0.673. The molecule has 2 atom stereocenters. The third kappa shape index (κ3) is 3.51. The maximum Gasteiger partial charge on any atom is 0.238 e. The highest BCUT2D eigenvalue weighted by Gasteiger charge is 2.62. The number of anilines is 2. The second-order valence-electron chi connectivity index (χ2n) is 8.03. The van der Waals surface area contributed by atoms with Crippen LogP contribution in [-0.4, -0.2) is 29.0 Å². The molecule has 6 nitrogen and oxygen atoms in total. The van der Waals surface area contributed by atoms with E-state index in [0.717, 1.165) is 36.9 Å². The summed E-state index contributed by atoms with van der Waals surface area (Å²) < 4.78 is 7.48. The van der Waals surface area contributed by atoms with Crippen molar-refractivity contribution in [3.63, 3.8) is 0 Å². The SMILES string of the molecule is COc1ccc(C2(C(=O)Nc3nc4ccccc4s3)CC2Nc2nc3ccccc3s2)cc1. The molecule has 2 N–H and O–H groups in total. The molecule has 164 valence electrons. The highest BCUT2D eigenvalue weighted by atomic mass is 32.1. The van der Waals surface area contributed by atoms with Crippen molar-refractivity contribution in [2.75, 3.05) is 17.7 Å². The number of nitrogens with zero attached hydrogens (tertiary/aromatic N) is 2. The number of carbonyl (C=O) groups excluding carboxylic acids is 1. The molecule has 0 aliphatic heterocycles. The van der Waals surface area contributed by atoms with E-state index in [9.17, 15) is 4.79 Å². The number of hydrogen-bond donors (Lipinski definition) is 2. The van der Waals surface area contributed by atoms with Crippen molar-refractivity contribution in [1.82, 2.24) is 9.97 Å². The topological polar surface area (TPSA) is 76.1 Å². The zero-order valence-electron chi connectivity index (χ0n) is 17.7. The van der Waals surface area contributed by atoms with Gasteiger partial charge in [0.1, 0.15) is 5.75 Å². The maximum atomic E-state index is 13.7. The molecular weight excluding hydrogens is 452 g/mol. The summed E-state index contributed by atoms with van der Waals surface area (Å²) in [5.41, 5.74) is 2.08. The number of fused-ring (bicyclic) bond motifs is 2. The molecule has 8 heteroatoms. The van der Waals surface area contributed by atoms with Crippen molar-refractivity contribution >= 4 is 59.3 Å². The van der Waals surface area contributed by atoms with E-state index in [2.05, 4.69) is 21.7 Å². The fourth-order valence-corrected chi connectivity index (χ4v) is 6.02. The Bertz CT molecular complexity index is 1410. The van der Waals surface area contributed by atoms with Gasteiger partial charge in [0.15, 0.2) is 10.3 Å². The van der Waals surface area contributed by atoms with E-state index in [1.54, 1.807) is 18.4 Å². The Morgan fingerprint density at radius 3 is 2.15 bits per heavy atom. The number of carbonyl (C=O) groups is 1. The van der Waals surface area contributed by atoms with Crippen LogP contribution in [0.25, 0.3) is 20.4 Å². The number of thiazole rings is 2. The smallest absolute Gasteiger partial charge is 0.238 e. The minimum atomic E-state index is -0.706. The molecule has 3 aromatic carbocycles. The van der Waals surface area contributed by atoms with Gasteiger partial charge in [0.25, 0.3) is 0 Å². The second kappa shape index (κ2) is 7.83. The third-order valence-corrected chi connectivity index (χ3v) is 8.00. The molecule has 1 fully saturated rings. The van der Waals surface area contributed by atoms with Crippen LogP contribution in [0.2, 0.25) is 0 Å². The minimum Gasteiger partial charge on any atom is -0.497 e. The summed E-state index contributed by atoms with van der Waals surface area (Å²) in [6.45, 7) is 0. The lowest BCUT2D eigenvalue weighted by atomic mass is 9.94. The number of benzene rings is 3. The Morgan fingerprint density at radius 2 is 1.52 bits per heavy atom. The predicted molar refractivity (Wildman–Crippen MR) is 135 cm³/mol. The Kier molecular flexibility index (Phi) is 4.78. The Balaban J connectivity index is 1.32. The van der Waals surface area contributed by atoms with Gasteiger partial charge in [-0.3, -0.25) is 4.79 Å². The Morgan fingerprint density at radius 1 is 0.909 bits per heavy atom. The Hall–Kier alpha value is -3.49. The molecule has 2 heterocycles. The van der Waals surface area contributed by atoms with Gasteiger partial charge >= 0.3 is 0 Å². The van der Waals surface area contributed by atoms with Crippen LogP contribution in [0.3, 0.4) is 0 Å². The molecule has 1 amide bonds. The molecule has 1 aliphatic rings. The highest BCUT2D eigenvalue weighted by molar-refractivity contribution is 7.22. The monoisotopic (exact) mass is 472 g/mol. The standard InChI is InChI=1S/C25H20N4O2S2/c1-31-16-12-10-15(11-13-16)25(22(30)29-24-27-18-7-3-5-9-20(18)33-24)14-21(25)28-23-26-17-6-2-4-8-19(17)32-23/h2-13,21H,14H2,1H3,(H,26,28)(H,27,29,30). The van der Waals surface area contributed by atoms with E-state index >= 15 is 0 Å². The number of ether oxygens (including phenoxy) is 1. The van der Waals surface area contributed by atoms with Crippen molar-refractivity contribution in [1.29, 1.82) is 0 Å². The van der Waals surface area contributed by atoms with Gasteiger partial charge in [0.05, 0.1) is 33.0 Å². The van der Waals surface area contributed by atoms with Crippen LogP contribution in [0, 0.1) is 0 Å². The number of para-hydroxylation sites is 2. The van der Waals surface area contributed by atoms with E-state index in [0.29, 0.717) is 11.6 Å². The molecule has 33 heavy (non-hydrogen) atoms. The van der Waals surface area contributed by atoms with Gasteiger partial charge in [0, 0.05) is 6.04 Å². The number of methoxy groups -OCH3 is 1. The molecule has 6 rings (SSSR count). The van der Waals surface area contributed by atoms with Gasteiger partial charge < -0.3 is 15.4 Å². The molecule has 0 bridgehead atoms. The number of aromatic nitrogens is 2. The van der Waals surface area contributed by atoms with E-state index in [1.807, 2.05) is 66.7 Å². The molecular formula is C25H20N4O2S2. The molecule has 0 saturated heterocycles. The summed E-state index contributed by atoms with van der Waals surface area (Å²) in [4.78, 5) is 23.0. The van der Waals surface area contributed by atoms with Gasteiger partial charge in [-0.1, -0.05) is 59.1 Å². The van der Waals surface area contributed by atoms with Crippen LogP contribution in [0.1, 0.15) is 12.0 Å². The molecule has 1 aliphatic carbocycles. The van der Waals surface area contributed by atoms with Crippen LogP contribution in [0.5, 0.6) is 5.75 Å². The molecule has 5 aromatic rings. The van der Waals surface area contributed by atoms with E-state index < -0.39 is 5.41 Å². The number of nitrogens with one attached hydrogen (secondary N) is 2. The average Bonchev–Trinajstić information content (AvgIpc) is 3.19. The first-order chi connectivity index (χ1) is 16.2. The van der Waals surface area contributed by atoms with Gasteiger partial charge in [0.2, 0.25) is 5.91 Å². The van der Waals surface area contributed by atoms with Gasteiger partial charge in [-0.2, -0.15) is 0 Å². The minimum absolute atomic E-state index is 0.0645.